The van der Waals surface area contributed by atoms with Crippen LogP contribution in [0.3, 0.4) is 0 Å². The first-order valence-corrected chi connectivity index (χ1v) is 10.6. The Morgan fingerprint density at radius 1 is 1.06 bits per heavy atom. The number of anilines is 2. The molecule has 3 aromatic carbocycles. The molecule has 0 bridgehead atoms. The maximum absolute atomic E-state index is 11.1. The molecular weight excluding hydrogens is 432 g/mol. The molecule has 0 fully saturated rings. The lowest BCUT2D eigenvalue weighted by atomic mass is 10.1. The van der Waals surface area contributed by atoms with Gasteiger partial charge >= 0.3 is 0 Å². The topological polar surface area (TPSA) is 71.6 Å². The van der Waals surface area contributed by atoms with Crippen molar-refractivity contribution in [3.05, 3.63) is 105 Å². The second kappa shape index (κ2) is 9.07. The lowest BCUT2D eigenvalue weighted by Crippen LogP contribution is -2.12. The van der Waals surface area contributed by atoms with E-state index in [1.54, 1.807) is 17.1 Å². The van der Waals surface area contributed by atoms with E-state index in [-0.39, 0.29) is 5.69 Å². The molecule has 0 unspecified atom stereocenters. The quantitative estimate of drug-likeness (QED) is 0.182. The van der Waals surface area contributed by atoms with Gasteiger partial charge in [0, 0.05) is 28.1 Å². The molecule has 0 aliphatic heterocycles. The number of benzene rings is 3. The third-order valence-corrected chi connectivity index (χ3v) is 5.61. The number of hydrazone groups is 1. The van der Waals surface area contributed by atoms with Gasteiger partial charge in [0.15, 0.2) is 0 Å². The normalized spacial score (nSPS) is 11.4. The number of rotatable bonds is 6. The zero-order valence-electron chi connectivity index (χ0n) is 16.5. The van der Waals surface area contributed by atoms with Gasteiger partial charge in [0.05, 0.1) is 22.0 Å². The molecule has 31 heavy (non-hydrogen) atoms. The predicted molar refractivity (Wildman–Crippen MR) is 126 cm³/mol. The largest absolute Gasteiger partial charge is 0.270 e. The molecule has 0 aliphatic rings. The molecule has 0 saturated carbocycles. The first-order valence-electron chi connectivity index (χ1n) is 9.38. The number of nitro groups is 1. The first kappa shape index (κ1) is 20.7. The molecule has 0 spiro atoms. The fourth-order valence-electron chi connectivity index (χ4n) is 2.95. The summed E-state index contributed by atoms with van der Waals surface area (Å²) in [4.78, 5) is 15.4. The second-order valence-corrected chi connectivity index (χ2v) is 7.94. The molecule has 1 heterocycles. The Kier molecular flexibility index (Phi) is 6.06. The molecule has 154 valence electrons. The van der Waals surface area contributed by atoms with E-state index in [1.807, 2.05) is 66.9 Å². The van der Waals surface area contributed by atoms with Crippen LogP contribution in [0.1, 0.15) is 12.5 Å². The molecule has 8 heteroatoms. The summed E-state index contributed by atoms with van der Waals surface area (Å²) in [5, 5.41) is 20.9. The molecule has 0 saturated heterocycles. The Labute approximate surface area is 188 Å². The van der Waals surface area contributed by atoms with Crippen molar-refractivity contribution in [2.24, 2.45) is 5.10 Å². The van der Waals surface area contributed by atoms with Crippen molar-refractivity contribution in [2.45, 2.75) is 6.92 Å². The van der Waals surface area contributed by atoms with Crippen molar-refractivity contribution in [1.29, 1.82) is 0 Å². The lowest BCUT2D eigenvalue weighted by Gasteiger charge is -2.17. The van der Waals surface area contributed by atoms with Crippen molar-refractivity contribution in [3.63, 3.8) is 0 Å². The van der Waals surface area contributed by atoms with E-state index in [0.717, 1.165) is 17.0 Å². The summed E-state index contributed by atoms with van der Waals surface area (Å²) in [6, 6.07) is 23.6. The van der Waals surface area contributed by atoms with Crippen LogP contribution in [0, 0.1) is 10.1 Å². The number of nitro benzene ring substituents is 1. The molecular formula is C23H17ClN4O2S. The van der Waals surface area contributed by atoms with Crippen LogP contribution in [0.5, 0.6) is 0 Å². The average molecular weight is 449 g/mol. The molecule has 0 N–H and O–H groups in total. The van der Waals surface area contributed by atoms with Crippen LogP contribution in [0.15, 0.2) is 89.3 Å². The minimum Gasteiger partial charge on any atom is -0.258 e. The van der Waals surface area contributed by atoms with Gasteiger partial charge in [-0.1, -0.05) is 54.1 Å². The van der Waals surface area contributed by atoms with Crippen molar-refractivity contribution >= 4 is 45.2 Å². The zero-order chi connectivity index (χ0) is 21.8. The molecule has 0 atom stereocenters. The van der Waals surface area contributed by atoms with E-state index in [1.165, 1.54) is 23.5 Å². The number of halogens is 1. The van der Waals surface area contributed by atoms with Crippen LogP contribution < -0.4 is 5.01 Å². The van der Waals surface area contributed by atoms with Crippen LogP contribution >= 0.6 is 22.9 Å². The summed E-state index contributed by atoms with van der Waals surface area (Å²) >= 11 is 7.42. The van der Waals surface area contributed by atoms with E-state index >= 15 is 0 Å². The van der Waals surface area contributed by atoms with Gasteiger partial charge < -0.3 is 0 Å². The maximum atomic E-state index is 11.1. The summed E-state index contributed by atoms with van der Waals surface area (Å²) in [6.45, 7) is 1.92. The van der Waals surface area contributed by atoms with Crippen molar-refractivity contribution in [1.82, 2.24) is 4.98 Å². The van der Waals surface area contributed by atoms with E-state index < -0.39 is 4.92 Å². The van der Waals surface area contributed by atoms with Gasteiger partial charge in [0.25, 0.3) is 5.69 Å². The zero-order valence-corrected chi connectivity index (χ0v) is 18.0. The number of non-ortho nitro benzene ring substituents is 1. The Hall–Kier alpha value is -3.55. The lowest BCUT2D eigenvalue weighted by molar-refractivity contribution is -0.384. The standard InChI is InChI=1S/C23H17ClN4O2S/c1-16(17-10-12-19(24)13-11-17)26-27(20-7-3-2-4-8-20)23-25-22(15-31-23)18-6-5-9-21(14-18)28(29)30/h2-15H,1H3/b26-16+. The molecule has 0 radical (unpaired) electrons. The van der Waals surface area contributed by atoms with Crippen LogP contribution in [-0.2, 0) is 0 Å². The highest BCUT2D eigenvalue weighted by Crippen LogP contribution is 2.33. The second-order valence-electron chi connectivity index (χ2n) is 6.66. The maximum Gasteiger partial charge on any atom is 0.270 e. The van der Waals surface area contributed by atoms with Gasteiger partial charge in [-0.15, -0.1) is 11.3 Å². The van der Waals surface area contributed by atoms with Gasteiger partial charge in [-0.3, -0.25) is 10.1 Å². The first-order chi connectivity index (χ1) is 15.0. The van der Waals surface area contributed by atoms with Crippen LogP contribution in [0.25, 0.3) is 11.3 Å². The van der Waals surface area contributed by atoms with E-state index in [0.29, 0.717) is 21.4 Å². The Morgan fingerprint density at radius 3 is 2.52 bits per heavy atom. The Balaban J connectivity index is 1.73. The summed E-state index contributed by atoms with van der Waals surface area (Å²) in [7, 11) is 0. The van der Waals surface area contributed by atoms with Gasteiger partial charge in [0.1, 0.15) is 0 Å². The summed E-state index contributed by atoms with van der Waals surface area (Å²) in [5.74, 6) is 0. The third-order valence-electron chi connectivity index (χ3n) is 4.54. The fourth-order valence-corrected chi connectivity index (χ4v) is 3.88. The van der Waals surface area contributed by atoms with Gasteiger partial charge in [-0.25, -0.2) is 9.99 Å². The number of thiazole rings is 1. The van der Waals surface area contributed by atoms with Gasteiger partial charge in [-0.05, 0) is 36.8 Å². The molecule has 1 aromatic heterocycles. The highest BCUT2D eigenvalue weighted by molar-refractivity contribution is 7.14. The predicted octanol–water partition coefficient (Wildman–Crippen LogP) is 6.93. The highest BCUT2D eigenvalue weighted by atomic mass is 35.5. The fraction of sp³-hybridized carbons (Fsp3) is 0.0435. The van der Waals surface area contributed by atoms with E-state index in [2.05, 4.69) is 0 Å². The highest BCUT2D eigenvalue weighted by Gasteiger charge is 2.16. The van der Waals surface area contributed by atoms with Crippen LogP contribution in [0.4, 0.5) is 16.5 Å². The number of nitrogens with zero attached hydrogens (tertiary/aromatic N) is 4. The molecule has 4 rings (SSSR count). The van der Waals surface area contributed by atoms with Crippen LogP contribution in [0.2, 0.25) is 5.02 Å². The van der Waals surface area contributed by atoms with Crippen LogP contribution in [-0.4, -0.2) is 15.6 Å². The molecule has 0 amide bonds. The molecule has 6 nitrogen and oxygen atoms in total. The Bertz CT molecular complexity index is 1240. The minimum absolute atomic E-state index is 0.0311. The van der Waals surface area contributed by atoms with Crippen molar-refractivity contribution in [3.8, 4) is 11.3 Å². The minimum atomic E-state index is -0.410. The van der Waals surface area contributed by atoms with Gasteiger partial charge in [0.2, 0.25) is 5.13 Å². The summed E-state index contributed by atoms with van der Waals surface area (Å²) in [5.41, 5.74) is 3.97. The number of aromatic nitrogens is 1. The molecule has 4 aromatic rings. The molecule has 0 aliphatic carbocycles. The van der Waals surface area contributed by atoms with Crippen molar-refractivity contribution < 1.29 is 4.92 Å². The SMILES string of the molecule is C/C(=N\N(c1ccccc1)c1nc(-c2cccc([N+](=O)[O-])c2)cs1)c1ccc(Cl)cc1. The summed E-state index contributed by atoms with van der Waals surface area (Å²) in [6.07, 6.45) is 0. The van der Waals surface area contributed by atoms with Gasteiger partial charge in [-0.2, -0.15) is 5.10 Å². The Morgan fingerprint density at radius 2 is 1.81 bits per heavy atom. The number of hydrogen-bond acceptors (Lipinski definition) is 6. The van der Waals surface area contributed by atoms with E-state index in [4.69, 9.17) is 21.7 Å². The van der Waals surface area contributed by atoms with E-state index in [9.17, 15) is 10.1 Å². The average Bonchev–Trinajstić information content (AvgIpc) is 3.28. The smallest absolute Gasteiger partial charge is 0.258 e. The monoisotopic (exact) mass is 448 g/mol. The third kappa shape index (κ3) is 4.79. The number of hydrogen-bond donors (Lipinski definition) is 0. The van der Waals surface area contributed by atoms with Crippen molar-refractivity contribution in [2.75, 3.05) is 5.01 Å². The number of para-hydroxylation sites is 1. The summed E-state index contributed by atoms with van der Waals surface area (Å²) < 4.78 is 0.